The van der Waals surface area contributed by atoms with Gasteiger partial charge in [0.2, 0.25) is 0 Å². The van der Waals surface area contributed by atoms with Gasteiger partial charge in [-0.1, -0.05) is 12.1 Å². The second kappa shape index (κ2) is 6.84. The van der Waals surface area contributed by atoms with Crippen molar-refractivity contribution in [2.45, 2.75) is 0 Å². The van der Waals surface area contributed by atoms with Gasteiger partial charge in [0, 0.05) is 25.0 Å². The van der Waals surface area contributed by atoms with Crippen molar-refractivity contribution < 1.29 is 13.9 Å². The molecule has 6 nitrogen and oxygen atoms in total. The van der Waals surface area contributed by atoms with Gasteiger partial charge in [-0.3, -0.25) is 9.48 Å². The highest BCUT2D eigenvalue weighted by atomic mass is 19.1. The molecule has 0 radical (unpaired) electrons. The first-order chi connectivity index (χ1) is 12.1. The fraction of sp³-hybridized carbons (Fsp3) is 0.0556. The van der Waals surface area contributed by atoms with Crippen molar-refractivity contribution >= 4 is 11.6 Å². The number of aryl methyl sites for hydroxylation is 1. The molecule has 1 aromatic heterocycles. The van der Waals surface area contributed by atoms with Crippen LogP contribution in [0.4, 0.5) is 10.1 Å². The third-order valence-electron chi connectivity index (χ3n) is 3.38. The van der Waals surface area contributed by atoms with Crippen LogP contribution in [0.2, 0.25) is 0 Å². The van der Waals surface area contributed by atoms with Crippen LogP contribution >= 0.6 is 0 Å². The van der Waals surface area contributed by atoms with E-state index in [4.69, 9.17) is 10.00 Å². The van der Waals surface area contributed by atoms with Gasteiger partial charge in [0.25, 0.3) is 5.91 Å². The second-order valence-electron chi connectivity index (χ2n) is 5.21. The quantitative estimate of drug-likeness (QED) is 0.791. The van der Waals surface area contributed by atoms with E-state index in [2.05, 4.69) is 10.4 Å². The molecule has 1 amide bonds. The summed E-state index contributed by atoms with van der Waals surface area (Å²) in [6.45, 7) is 0. The molecular weight excluding hydrogens is 323 g/mol. The molecule has 0 saturated carbocycles. The molecule has 25 heavy (non-hydrogen) atoms. The lowest BCUT2D eigenvalue weighted by Crippen LogP contribution is -2.11. The molecule has 1 N–H and O–H groups in total. The SMILES string of the molecule is Cn1cc(C(=O)Nc2ccc(Oc3ccccc3C#N)c(F)c2)cn1. The van der Waals surface area contributed by atoms with Gasteiger partial charge in [0.15, 0.2) is 11.6 Å². The molecule has 0 spiro atoms. The minimum Gasteiger partial charge on any atom is -0.453 e. The Hall–Kier alpha value is -3.66. The van der Waals surface area contributed by atoms with Crippen molar-refractivity contribution in [3.8, 4) is 17.6 Å². The Labute approximate surface area is 143 Å². The zero-order chi connectivity index (χ0) is 17.8. The number of amides is 1. The van der Waals surface area contributed by atoms with Crippen LogP contribution in [-0.4, -0.2) is 15.7 Å². The smallest absolute Gasteiger partial charge is 0.258 e. The van der Waals surface area contributed by atoms with Crippen LogP contribution in [0, 0.1) is 17.1 Å². The van der Waals surface area contributed by atoms with Crippen LogP contribution in [0.15, 0.2) is 54.9 Å². The van der Waals surface area contributed by atoms with Crippen LogP contribution in [0.3, 0.4) is 0 Å². The van der Waals surface area contributed by atoms with Crippen LogP contribution in [-0.2, 0) is 7.05 Å². The first-order valence-electron chi connectivity index (χ1n) is 7.33. The summed E-state index contributed by atoms with van der Waals surface area (Å²) in [6, 6.07) is 12.6. The molecule has 7 heteroatoms. The average molecular weight is 336 g/mol. The molecule has 0 aliphatic rings. The predicted molar refractivity (Wildman–Crippen MR) is 88.8 cm³/mol. The number of rotatable bonds is 4. The normalized spacial score (nSPS) is 10.1. The van der Waals surface area contributed by atoms with Crippen molar-refractivity contribution in [2.75, 3.05) is 5.32 Å². The summed E-state index contributed by atoms with van der Waals surface area (Å²) in [5.41, 5.74) is 0.953. The number of para-hydroxylation sites is 1. The van der Waals surface area contributed by atoms with Gasteiger partial charge < -0.3 is 10.1 Å². The van der Waals surface area contributed by atoms with Crippen molar-refractivity contribution in [3.05, 3.63) is 71.8 Å². The molecule has 0 unspecified atom stereocenters. The number of carbonyl (C=O) groups is 1. The largest absolute Gasteiger partial charge is 0.453 e. The van der Waals surface area contributed by atoms with Gasteiger partial charge in [0.05, 0.1) is 17.3 Å². The number of hydrogen-bond donors (Lipinski definition) is 1. The number of nitrogens with one attached hydrogen (secondary N) is 1. The first-order valence-corrected chi connectivity index (χ1v) is 7.33. The molecular formula is C18H13FN4O2. The van der Waals surface area contributed by atoms with Crippen molar-refractivity contribution in [3.63, 3.8) is 0 Å². The lowest BCUT2D eigenvalue weighted by molar-refractivity contribution is 0.102. The van der Waals surface area contributed by atoms with Crippen LogP contribution < -0.4 is 10.1 Å². The number of nitrogens with zero attached hydrogens (tertiary/aromatic N) is 3. The fourth-order valence-corrected chi connectivity index (χ4v) is 2.17. The Morgan fingerprint density at radius 2 is 2.08 bits per heavy atom. The summed E-state index contributed by atoms with van der Waals surface area (Å²) in [5.74, 6) is -0.828. The first kappa shape index (κ1) is 16.2. The van der Waals surface area contributed by atoms with E-state index in [1.54, 1.807) is 37.5 Å². The third-order valence-corrected chi connectivity index (χ3v) is 3.38. The number of carbonyl (C=O) groups excluding carboxylic acids is 1. The summed E-state index contributed by atoms with van der Waals surface area (Å²) in [7, 11) is 1.70. The molecule has 124 valence electrons. The van der Waals surface area contributed by atoms with Gasteiger partial charge >= 0.3 is 0 Å². The molecule has 0 saturated heterocycles. The van der Waals surface area contributed by atoms with Gasteiger partial charge in [-0.2, -0.15) is 10.4 Å². The van der Waals surface area contributed by atoms with E-state index in [0.717, 1.165) is 6.07 Å². The van der Waals surface area contributed by atoms with E-state index in [-0.39, 0.29) is 17.2 Å². The van der Waals surface area contributed by atoms with E-state index in [9.17, 15) is 9.18 Å². The number of aromatic nitrogens is 2. The Balaban J connectivity index is 1.77. The Kier molecular flexibility index (Phi) is 4.44. The summed E-state index contributed by atoms with van der Waals surface area (Å²) in [4.78, 5) is 12.0. The van der Waals surface area contributed by atoms with Crippen LogP contribution in [0.25, 0.3) is 0 Å². The van der Waals surface area contributed by atoms with E-state index in [1.165, 1.54) is 23.0 Å². The summed E-state index contributed by atoms with van der Waals surface area (Å²) >= 11 is 0. The van der Waals surface area contributed by atoms with E-state index >= 15 is 0 Å². The maximum absolute atomic E-state index is 14.3. The monoisotopic (exact) mass is 336 g/mol. The topological polar surface area (TPSA) is 79.9 Å². The van der Waals surface area contributed by atoms with E-state index in [0.29, 0.717) is 11.1 Å². The van der Waals surface area contributed by atoms with Crippen LogP contribution in [0.5, 0.6) is 11.5 Å². The average Bonchev–Trinajstić information content (AvgIpc) is 3.04. The summed E-state index contributed by atoms with van der Waals surface area (Å²) in [5, 5.41) is 15.5. The van der Waals surface area contributed by atoms with E-state index in [1.807, 2.05) is 6.07 Å². The highest BCUT2D eigenvalue weighted by Gasteiger charge is 2.12. The lowest BCUT2D eigenvalue weighted by atomic mass is 10.2. The maximum atomic E-state index is 14.3. The Morgan fingerprint density at radius 1 is 1.28 bits per heavy atom. The predicted octanol–water partition coefficient (Wildman–Crippen LogP) is 3.48. The number of hydrogen-bond acceptors (Lipinski definition) is 4. The number of anilines is 1. The standard InChI is InChI=1S/C18H13FN4O2/c1-23-11-13(10-21-23)18(24)22-14-6-7-17(15(19)8-14)25-16-5-3-2-4-12(16)9-20/h2-8,10-11H,1H3,(H,22,24). The van der Waals surface area contributed by atoms with Crippen molar-refractivity contribution in [2.24, 2.45) is 7.05 Å². The third kappa shape index (κ3) is 3.64. The molecule has 2 aromatic carbocycles. The second-order valence-corrected chi connectivity index (χ2v) is 5.21. The number of ether oxygens (including phenoxy) is 1. The maximum Gasteiger partial charge on any atom is 0.258 e. The highest BCUT2D eigenvalue weighted by molar-refractivity contribution is 6.03. The number of benzene rings is 2. The molecule has 0 atom stereocenters. The Morgan fingerprint density at radius 3 is 2.76 bits per heavy atom. The van der Waals surface area contributed by atoms with Gasteiger partial charge in [0.1, 0.15) is 11.8 Å². The summed E-state index contributed by atoms with van der Waals surface area (Å²) in [6.07, 6.45) is 2.98. The minimum absolute atomic E-state index is 0.0397. The zero-order valence-electron chi connectivity index (χ0n) is 13.2. The fourth-order valence-electron chi connectivity index (χ4n) is 2.17. The number of halogens is 1. The lowest BCUT2D eigenvalue weighted by Gasteiger charge is -2.10. The highest BCUT2D eigenvalue weighted by Crippen LogP contribution is 2.28. The molecule has 0 bridgehead atoms. The Bertz CT molecular complexity index is 975. The van der Waals surface area contributed by atoms with Crippen molar-refractivity contribution in [1.29, 1.82) is 5.26 Å². The summed E-state index contributed by atoms with van der Waals surface area (Å²) < 4.78 is 21.2. The zero-order valence-corrected chi connectivity index (χ0v) is 13.2. The van der Waals surface area contributed by atoms with E-state index < -0.39 is 11.7 Å². The van der Waals surface area contributed by atoms with Gasteiger partial charge in [-0.15, -0.1) is 0 Å². The number of nitriles is 1. The molecule has 3 rings (SSSR count). The van der Waals surface area contributed by atoms with Crippen LogP contribution in [0.1, 0.15) is 15.9 Å². The molecule has 0 aliphatic heterocycles. The molecule has 1 heterocycles. The molecule has 0 aliphatic carbocycles. The molecule has 3 aromatic rings. The van der Waals surface area contributed by atoms with Crippen molar-refractivity contribution in [1.82, 2.24) is 9.78 Å². The minimum atomic E-state index is -0.656. The van der Waals surface area contributed by atoms with Gasteiger partial charge in [-0.25, -0.2) is 4.39 Å². The van der Waals surface area contributed by atoms with Gasteiger partial charge in [-0.05, 0) is 24.3 Å². The molecule has 0 fully saturated rings.